The summed E-state index contributed by atoms with van der Waals surface area (Å²) in [5.41, 5.74) is 0. The van der Waals surface area contributed by atoms with Crippen LogP contribution in [0, 0.1) is 0 Å². The average Bonchev–Trinajstić information content (AvgIpc) is 3.39. The Morgan fingerprint density at radius 1 is 0.301 bits per heavy atom. The summed E-state index contributed by atoms with van der Waals surface area (Å²) in [6, 6.07) is 0. The molecule has 0 spiro atoms. The predicted octanol–water partition coefficient (Wildman–Crippen LogP) is 21.1. The number of ether oxygens (including phenoxy) is 3. The summed E-state index contributed by atoms with van der Waals surface area (Å²) in [5.74, 6) is -1.03. The predicted molar refractivity (Wildman–Crippen MR) is 316 cm³/mol. The molecule has 0 radical (unpaired) electrons. The zero-order valence-electron chi connectivity index (χ0n) is 48.1. The van der Waals surface area contributed by atoms with Crippen LogP contribution in [0.25, 0.3) is 0 Å². The van der Waals surface area contributed by atoms with Gasteiger partial charge in [0.25, 0.3) is 0 Å². The Morgan fingerprint density at radius 3 is 0.959 bits per heavy atom. The lowest BCUT2D eigenvalue weighted by Crippen LogP contribution is -2.30. The van der Waals surface area contributed by atoms with Gasteiger partial charge in [0.05, 0.1) is 6.42 Å². The molecule has 0 saturated carbocycles. The lowest BCUT2D eigenvalue weighted by molar-refractivity contribution is -0.166. The molecule has 0 bridgehead atoms. The van der Waals surface area contributed by atoms with Gasteiger partial charge in [-0.25, -0.2) is 0 Å². The number of rotatable bonds is 56. The Bertz CT molecular complexity index is 1400. The van der Waals surface area contributed by atoms with Crippen molar-refractivity contribution in [1.29, 1.82) is 0 Å². The van der Waals surface area contributed by atoms with Gasteiger partial charge in [-0.05, 0) is 77.0 Å². The minimum absolute atomic E-state index is 0.105. The second-order valence-electron chi connectivity index (χ2n) is 20.6. The molecule has 0 aromatic carbocycles. The Hall–Kier alpha value is -3.41. The molecule has 6 heteroatoms. The van der Waals surface area contributed by atoms with E-state index in [1.807, 2.05) is 6.08 Å². The number of hydrogen-bond donors (Lipinski definition) is 0. The van der Waals surface area contributed by atoms with Gasteiger partial charge in [0.15, 0.2) is 6.10 Å². The molecule has 0 fully saturated rings. The maximum atomic E-state index is 12.9. The quantitative estimate of drug-likeness (QED) is 0.0261. The third-order valence-electron chi connectivity index (χ3n) is 13.4. The zero-order chi connectivity index (χ0) is 52.9. The van der Waals surface area contributed by atoms with E-state index < -0.39 is 12.1 Å². The van der Waals surface area contributed by atoms with E-state index in [4.69, 9.17) is 14.2 Å². The van der Waals surface area contributed by atoms with Crippen molar-refractivity contribution in [2.75, 3.05) is 13.2 Å². The molecule has 0 rings (SSSR count). The van der Waals surface area contributed by atoms with Gasteiger partial charge < -0.3 is 14.2 Å². The minimum atomic E-state index is -0.816. The van der Waals surface area contributed by atoms with E-state index >= 15 is 0 Å². The Morgan fingerprint density at radius 2 is 0.589 bits per heavy atom. The topological polar surface area (TPSA) is 78.9 Å². The highest BCUT2D eigenvalue weighted by atomic mass is 16.6. The van der Waals surface area contributed by atoms with Gasteiger partial charge in [-0.15, -0.1) is 0 Å². The normalized spacial score (nSPS) is 12.6. The van der Waals surface area contributed by atoms with Gasteiger partial charge in [-0.2, -0.15) is 0 Å². The van der Waals surface area contributed by atoms with Crippen LogP contribution in [0.3, 0.4) is 0 Å². The van der Waals surface area contributed by atoms with E-state index in [9.17, 15) is 14.4 Å². The smallest absolute Gasteiger partial charge is 0.309 e. The van der Waals surface area contributed by atoms with Gasteiger partial charge in [-0.1, -0.05) is 292 Å². The van der Waals surface area contributed by atoms with Crippen molar-refractivity contribution in [3.05, 3.63) is 85.1 Å². The summed E-state index contributed by atoms with van der Waals surface area (Å²) >= 11 is 0. The standard InChI is InChI=1S/C67H116O6/c1-4-7-10-13-16-19-22-25-28-30-31-32-33-34-35-37-39-42-45-48-51-54-57-60-66(69)72-63-64(62-71-65(68)59-56-53-50-47-44-41-38-27-24-21-18-15-12-9-6-3)73-67(70)61-58-55-52-49-46-43-40-36-29-26-23-20-17-14-11-8-5-2/h9,12,18,21-22,25,27,30-31,38,44,47,53,56,64H,4-8,10-11,13-17,19-20,23-24,26,28-29,32-37,39-43,45-46,48-52,54-55,57-63H2,1-3H3/b12-9-,21-18-,25-22-,31-30-,38-27-,47-44-,56-53-. The van der Waals surface area contributed by atoms with Crippen molar-refractivity contribution < 1.29 is 28.6 Å². The summed E-state index contributed by atoms with van der Waals surface area (Å²) in [4.78, 5) is 38.2. The lowest BCUT2D eigenvalue weighted by atomic mass is 10.0. The van der Waals surface area contributed by atoms with E-state index in [0.717, 1.165) is 77.0 Å². The molecule has 0 aliphatic carbocycles. The molecule has 420 valence electrons. The van der Waals surface area contributed by atoms with Crippen molar-refractivity contribution in [3.8, 4) is 0 Å². The second kappa shape index (κ2) is 61.1. The highest BCUT2D eigenvalue weighted by Crippen LogP contribution is 2.17. The van der Waals surface area contributed by atoms with Gasteiger partial charge in [0.2, 0.25) is 0 Å². The van der Waals surface area contributed by atoms with E-state index in [1.165, 1.54) is 186 Å². The largest absolute Gasteiger partial charge is 0.462 e. The third kappa shape index (κ3) is 59.3. The molecule has 0 saturated heterocycles. The van der Waals surface area contributed by atoms with Crippen molar-refractivity contribution in [1.82, 2.24) is 0 Å². The Labute approximate surface area is 452 Å². The molecule has 0 aromatic heterocycles. The molecule has 73 heavy (non-hydrogen) atoms. The summed E-state index contributed by atoms with van der Waals surface area (Å²) in [7, 11) is 0. The first-order valence-electron chi connectivity index (χ1n) is 31.1. The van der Waals surface area contributed by atoms with Crippen LogP contribution in [-0.4, -0.2) is 37.2 Å². The Kier molecular flexibility index (Phi) is 58.3. The molecule has 0 aromatic rings. The van der Waals surface area contributed by atoms with E-state index in [-0.39, 0.29) is 31.6 Å². The number of allylic oxidation sites excluding steroid dienone is 13. The van der Waals surface area contributed by atoms with Crippen LogP contribution in [0.4, 0.5) is 0 Å². The number of esters is 3. The van der Waals surface area contributed by atoms with Crippen molar-refractivity contribution in [2.45, 2.75) is 309 Å². The van der Waals surface area contributed by atoms with E-state index in [0.29, 0.717) is 12.8 Å². The van der Waals surface area contributed by atoms with Gasteiger partial charge >= 0.3 is 17.9 Å². The SMILES string of the molecule is CC/C=C\C/C=C\C/C=C\C/C=C\C/C=C\CC(=O)OCC(COC(=O)CCCCCCCCCCCCC/C=C\C/C=C\CCCCCCC)OC(=O)CCCCCCCCCCCCCCCCCCC. The number of unbranched alkanes of at least 4 members (excludes halogenated alkanes) is 32. The van der Waals surface area contributed by atoms with Crippen LogP contribution in [0.1, 0.15) is 303 Å². The fourth-order valence-corrected chi connectivity index (χ4v) is 8.78. The summed E-state index contributed by atoms with van der Waals surface area (Å²) in [5, 5.41) is 0. The van der Waals surface area contributed by atoms with Crippen LogP contribution in [0.15, 0.2) is 85.1 Å². The minimum Gasteiger partial charge on any atom is -0.462 e. The van der Waals surface area contributed by atoms with Crippen LogP contribution < -0.4 is 0 Å². The van der Waals surface area contributed by atoms with Gasteiger partial charge in [0.1, 0.15) is 13.2 Å². The van der Waals surface area contributed by atoms with Crippen LogP contribution in [0.5, 0.6) is 0 Å². The molecule has 0 heterocycles. The first-order chi connectivity index (χ1) is 36.0. The third-order valence-corrected chi connectivity index (χ3v) is 13.4. The molecule has 1 atom stereocenters. The van der Waals surface area contributed by atoms with Gasteiger partial charge in [-0.3, -0.25) is 14.4 Å². The first-order valence-corrected chi connectivity index (χ1v) is 31.1. The molecule has 0 aliphatic rings. The maximum absolute atomic E-state index is 12.9. The van der Waals surface area contributed by atoms with Crippen molar-refractivity contribution in [3.63, 3.8) is 0 Å². The fourth-order valence-electron chi connectivity index (χ4n) is 8.78. The Balaban J connectivity index is 4.40. The first kappa shape index (κ1) is 69.6. The van der Waals surface area contributed by atoms with E-state index in [1.54, 1.807) is 6.08 Å². The second-order valence-corrected chi connectivity index (χ2v) is 20.6. The fraction of sp³-hybridized carbons (Fsp3) is 0.746. The molecular weight excluding hydrogens is 901 g/mol. The zero-order valence-corrected chi connectivity index (χ0v) is 48.1. The van der Waals surface area contributed by atoms with Crippen LogP contribution >= 0.6 is 0 Å². The summed E-state index contributed by atoms with van der Waals surface area (Å²) in [6.07, 6.45) is 80.4. The van der Waals surface area contributed by atoms with Gasteiger partial charge in [0, 0.05) is 12.8 Å². The lowest BCUT2D eigenvalue weighted by Gasteiger charge is -2.18. The molecule has 0 N–H and O–H groups in total. The average molecular weight is 1020 g/mol. The van der Waals surface area contributed by atoms with E-state index in [2.05, 4.69) is 93.7 Å². The van der Waals surface area contributed by atoms with Crippen LogP contribution in [0.2, 0.25) is 0 Å². The van der Waals surface area contributed by atoms with Crippen molar-refractivity contribution in [2.24, 2.45) is 0 Å². The van der Waals surface area contributed by atoms with Crippen molar-refractivity contribution >= 4 is 17.9 Å². The van der Waals surface area contributed by atoms with Crippen LogP contribution in [-0.2, 0) is 28.6 Å². The highest BCUT2D eigenvalue weighted by molar-refractivity contribution is 5.72. The molecular formula is C67H116O6. The number of hydrogen-bond acceptors (Lipinski definition) is 6. The molecule has 6 nitrogen and oxygen atoms in total. The highest BCUT2D eigenvalue weighted by Gasteiger charge is 2.19. The summed E-state index contributed by atoms with van der Waals surface area (Å²) < 4.78 is 16.8. The molecule has 0 amide bonds. The molecule has 0 aliphatic heterocycles. The summed E-state index contributed by atoms with van der Waals surface area (Å²) in [6.45, 7) is 6.46. The maximum Gasteiger partial charge on any atom is 0.309 e. The monoisotopic (exact) mass is 1020 g/mol. The molecule has 1 unspecified atom stereocenters. The number of carbonyl (C=O) groups excluding carboxylic acids is 3. The number of carbonyl (C=O) groups is 3.